The molecule has 0 unspecified atom stereocenters. The van der Waals surface area contributed by atoms with Gasteiger partial charge in [-0.3, -0.25) is 7.91 Å². The topological polar surface area (TPSA) is 57.6 Å². The SMILES string of the molecule is CC(=O)N(I)c1cccc(C(=O)O)c1. The normalized spacial score (nSPS) is 9.57. The maximum absolute atomic E-state index is 11.0. The largest absolute Gasteiger partial charge is 0.478 e. The standard InChI is InChI=1S/C9H8INO3/c1-6(12)11(10)8-4-2-3-7(5-8)9(13)14/h2-5H,1H3,(H,13,14). The second-order valence-electron chi connectivity index (χ2n) is 2.66. The Hall–Kier alpha value is -1.11. The van der Waals surface area contributed by atoms with Gasteiger partial charge in [-0.05, 0) is 18.2 Å². The molecule has 0 heterocycles. The van der Waals surface area contributed by atoms with Gasteiger partial charge in [-0.25, -0.2) is 4.79 Å². The Morgan fingerprint density at radius 2 is 2.07 bits per heavy atom. The van der Waals surface area contributed by atoms with Crippen molar-refractivity contribution in [2.45, 2.75) is 6.92 Å². The summed E-state index contributed by atoms with van der Waals surface area (Å²) in [5, 5.41) is 8.72. The summed E-state index contributed by atoms with van der Waals surface area (Å²) < 4.78 is 1.37. The Labute approximate surface area is 95.0 Å². The summed E-state index contributed by atoms with van der Waals surface area (Å²) >= 11 is 1.83. The van der Waals surface area contributed by atoms with Gasteiger partial charge in [0, 0.05) is 6.92 Å². The number of nitrogens with zero attached hydrogens (tertiary/aromatic N) is 1. The summed E-state index contributed by atoms with van der Waals surface area (Å²) in [5.74, 6) is -1.15. The first-order chi connectivity index (χ1) is 6.52. The first kappa shape index (κ1) is 11.0. The molecule has 0 saturated carbocycles. The molecule has 5 heteroatoms. The number of amides is 1. The molecule has 0 radical (unpaired) electrons. The molecule has 0 spiro atoms. The van der Waals surface area contributed by atoms with Gasteiger partial charge in [-0.2, -0.15) is 0 Å². The molecular formula is C9H8INO3. The Kier molecular flexibility index (Phi) is 3.45. The molecule has 1 aromatic rings. The summed E-state index contributed by atoms with van der Waals surface area (Å²) in [6, 6.07) is 6.22. The number of aromatic carboxylic acids is 1. The van der Waals surface area contributed by atoms with Crippen LogP contribution in [-0.4, -0.2) is 17.0 Å². The fourth-order valence-corrected chi connectivity index (χ4v) is 1.24. The highest BCUT2D eigenvalue weighted by Gasteiger charge is 2.09. The number of carboxylic acids is 1. The zero-order valence-corrected chi connectivity index (χ0v) is 9.56. The van der Waals surface area contributed by atoms with E-state index in [0.29, 0.717) is 5.69 Å². The van der Waals surface area contributed by atoms with Crippen molar-refractivity contribution in [1.82, 2.24) is 0 Å². The molecule has 0 bridgehead atoms. The van der Waals surface area contributed by atoms with Crippen molar-refractivity contribution in [3.63, 3.8) is 0 Å². The lowest BCUT2D eigenvalue weighted by atomic mass is 10.2. The molecule has 0 aliphatic rings. The van der Waals surface area contributed by atoms with Gasteiger partial charge in [0.2, 0.25) is 5.91 Å². The van der Waals surface area contributed by atoms with E-state index in [-0.39, 0.29) is 11.5 Å². The van der Waals surface area contributed by atoms with Crippen LogP contribution in [0.15, 0.2) is 24.3 Å². The molecule has 0 fully saturated rings. The number of carboxylic acid groups (broad SMARTS) is 1. The van der Waals surface area contributed by atoms with Crippen molar-refractivity contribution < 1.29 is 14.7 Å². The minimum atomic E-state index is -1.000. The van der Waals surface area contributed by atoms with Crippen LogP contribution in [0.3, 0.4) is 0 Å². The molecular weight excluding hydrogens is 297 g/mol. The van der Waals surface area contributed by atoms with Crippen molar-refractivity contribution in [1.29, 1.82) is 0 Å². The molecule has 1 N–H and O–H groups in total. The van der Waals surface area contributed by atoms with Crippen LogP contribution in [0.1, 0.15) is 17.3 Å². The second-order valence-corrected chi connectivity index (χ2v) is 3.62. The van der Waals surface area contributed by atoms with Crippen LogP contribution >= 0.6 is 22.9 Å². The zero-order chi connectivity index (χ0) is 10.7. The molecule has 0 aliphatic carbocycles. The van der Waals surface area contributed by atoms with Crippen LogP contribution in [0, 0.1) is 0 Å². The van der Waals surface area contributed by atoms with Gasteiger partial charge in [0.15, 0.2) is 0 Å². The number of anilines is 1. The predicted octanol–water partition coefficient (Wildman–Crippen LogP) is 2.09. The van der Waals surface area contributed by atoms with Gasteiger partial charge in [-0.1, -0.05) is 6.07 Å². The molecule has 0 atom stereocenters. The lowest BCUT2D eigenvalue weighted by Crippen LogP contribution is -2.15. The Morgan fingerprint density at radius 3 is 2.57 bits per heavy atom. The van der Waals surface area contributed by atoms with Gasteiger partial charge < -0.3 is 5.11 Å². The fourth-order valence-electron chi connectivity index (χ4n) is 0.943. The zero-order valence-electron chi connectivity index (χ0n) is 7.40. The smallest absolute Gasteiger partial charge is 0.335 e. The van der Waals surface area contributed by atoms with Crippen molar-refractivity contribution in [2.24, 2.45) is 0 Å². The number of benzene rings is 1. The molecule has 14 heavy (non-hydrogen) atoms. The number of hydrogen-bond acceptors (Lipinski definition) is 2. The molecule has 0 aliphatic heterocycles. The third-order valence-corrected chi connectivity index (χ3v) is 2.83. The molecule has 74 valence electrons. The first-order valence-corrected chi connectivity index (χ1v) is 4.78. The Bertz CT molecular complexity index is 378. The van der Waals surface area contributed by atoms with E-state index in [0.717, 1.165) is 0 Å². The summed E-state index contributed by atoms with van der Waals surface area (Å²) in [5.41, 5.74) is 0.739. The maximum Gasteiger partial charge on any atom is 0.335 e. The van der Waals surface area contributed by atoms with E-state index in [1.807, 2.05) is 22.9 Å². The minimum Gasteiger partial charge on any atom is -0.478 e. The van der Waals surface area contributed by atoms with Crippen LogP contribution < -0.4 is 3.11 Å². The van der Waals surface area contributed by atoms with E-state index in [4.69, 9.17) is 5.11 Å². The van der Waals surface area contributed by atoms with Crippen LogP contribution in [0.5, 0.6) is 0 Å². The lowest BCUT2D eigenvalue weighted by Gasteiger charge is -2.12. The molecule has 4 nitrogen and oxygen atoms in total. The van der Waals surface area contributed by atoms with Gasteiger partial charge in [-0.15, -0.1) is 0 Å². The van der Waals surface area contributed by atoms with Crippen molar-refractivity contribution in [3.05, 3.63) is 29.8 Å². The number of carbonyl (C=O) groups is 2. The van der Waals surface area contributed by atoms with Crippen molar-refractivity contribution >= 4 is 40.4 Å². The Morgan fingerprint density at radius 1 is 1.43 bits per heavy atom. The predicted molar refractivity (Wildman–Crippen MR) is 60.6 cm³/mol. The highest BCUT2D eigenvalue weighted by atomic mass is 127. The first-order valence-electron chi connectivity index (χ1n) is 3.82. The fraction of sp³-hybridized carbons (Fsp3) is 0.111. The van der Waals surface area contributed by atoms with Gasteiger partial charge in [0.1, 0.15) is 0 Å². The van der Waals surface area contributed by atoms with E-state index in [2.05, 4.69) is 0 Å². The molecule has 1 rings (SSSR count). The average molecular weight is 305 g/mol. The average Bonchev–Trinajstić information content (AvgIpc) is 2.16. The quantitative estimate of drug-likeness (QED) is 0.672. The van der Waals surface area contributed by atoms with Gasteiger partial charge in [0.05, 0.1) is 34.1 Å². The van der Waals surface area contributed by atoms with E-state index in [9.17, 15) is 9.59 Å². The van der Waals surface area contributed by atoms with E-state index < -0.39 is 5.97 Å². The summed E-state index contributed by atoms with van der Waals surface area (Å²) in [7, 11) is 0. The highest BCUT2D eigenvalue weighted by molar-refractivity contribution is 14.1. The molecule has 1 amide bonds. The van der Waals surface area contributed by atoms with Gasteiger partial charge >= 0.3 is 5.97 Å². The van der Waals surface area contributed by atoms with Crippen LogP contribution in [0.2, 0.25) is 0 Å². The summed E-state index contributed by atoms with van der Waals surface area (Å²) in [6.07, 6.45) is 0. The lowest BCUT2D eigenvalue weighted by molar-refractivity contribution is -0.115. The number of carbonyl (C=O) groups excluding carboxylic acids is 1. The van der Waals surface area contributed by atoms with Crippen molar-refractivity contribution in [2.75, 3.05) is 3.11 Å². The monoisotopic (exact) mass is 305 g/mol. The molecule has 0 aromatic heterocycles. The van der Waals surface area contributed by atoms with E-state index >= 15 is 0 Å². The third-order valence-electron chi connectivity index (χ3n) is 1.60. The summed E-state index contributed by atoms with van der Waals surface area (Å²) in [4.78, 5) is 21.6. The van der Waals surface area contributed by atoms with Crippen LogP contribution in [0.25, 0.3) is 0 Å². The van der Waals surface area contributed by atoms with Crippen LogP contribution in [0.4, 0.5) is 5.69 Å². The third kappa shape index (κ3) is 2.44. The van der Waals surface area contributed by atoms with Crippen molar-refractivity contribution in [3.8, 4) is 0 Å². The molecule has 0 saturated heterocycles. The Balaban J connectivity index is 3.05. The van der Waals surface area contributed by atoms with E-state index in [1.165, 1.54) is 22.2 Å². The number of halogens is 1. The number of rotatable bonds is 2. The highest BCUT2D eigenvalue weighted by Crippen LogP contribution is 2.19. The van der Waals surface area contributed by atoms with Gasteiger partial charge in [0.25, 0.3) is 0 Å². The second kappa shape index (κ2) is 4.41. The maximum atomic E-state index is 11.0. The van der Waals surface area contributed by atoms with E-state index in [1.54, 1.807) is 12.1 Å². The van der Waals surface area contributed by atoms with Crippen LogP contribution in [-0.2, 0) is 4.79 Å². The number of hydrogen-bond donors (Lipinski definition) is 1. The molecule has 1 aromatic carbocycles. The minimum absolute atomic E-state index is 0.145. The summed E-state index contributed by atoms with van der Waals surface area (Å²) in [6.45, 7) is 1.42.